The number of pyridine rings is 1. The molecule has 0 spiro atoms. The molecule has 2 heterocycles. The molecule has 1 atom stereocenters. The van der Waals surface area contributed by atoms with Crippen molar-refractivity contribution in [2.75, 3.05) is 31.0 Å². The van der Waals surface area contributed by atoms with Gasteiger partial charge in [0.1, 0.15) is 11.5 Å². The molecule has 1 N–H and O–H groups in total. The van der Waals surface area contributed by atoms with Crippen LogP contribution in [0.5, 0.6) is 11.5 Å². The summed E-state index contributed by atoms with van der Waals surface area (Å²) in [5.74, 6) is 0.430. The fraction of sp³-hybridized carbons (Fsp3) is 0.278. The number of nitrogens with zero attached hydrogens (tertiary/aromatic N) is 2. The van der Waals surface area contributed by atoms with Crippen LogP contribution in [-0.2, 0) is 9.59 Å². The highest BCUT2D eigenvalue weighted by molar-refractivity contribution is 6.04. The Kier molecular flexibility index (Phi) is 4.83. The van der Waals surface area contributed by atoms with Gasteiger partial charge in [0.05, 0.1) is 25.8 Å². The molecule has 2 amide bonds. The highest BCUT2D eigenvalue weighted by Gasteiger charge is 2.36. The molecule has 1 aliphatic rings. The van der Waals surface area contributed by atoms with E-state index in [2.05, 4.69) is 10.3 Å². The van der Waals surface area contributed by atoms with Crippen LogP contribution in [0.2, 0.25) is 0 Å². The summed E-state index contributed by atoms with van der Waals surface area (Å²) in [7, 11) is 3.10. The molecule has 0 unspecified atom stereocenters. The van der Waals surface area contributed by atoms with Gasteiger partial charge in [-0.3, -0.25) is 14.6 Å². The van der Waals surface area contributed by atoms with Crippen LogP contribution in [0.3, 0.4) is 0 Å². The molecule has 1 aromatic carbocycles. The van der Waals surface area contributed by atoms with Gasteiger partial charge in [0, 0.05) is 37.1 Å². The van der Waals surface area contributed by atoms with E-state index in [1.54, 1.807) is 61.8 Å². The lowest BCUT2D eigenvalue weighted by atomic mass is 10.1. The Balaban J connectivity index is 1.77. The number of hydrogen-bond acceptors (Lipinski definition) is 5. The second-order valence-electron chi connectivity index (χ2n) is 5.67. The summed E-state index contributed by atoms with van der Waals surface area (Å²) in [6.07, 6.45) is 3.35. The molecule has 25 heavy (non-hydrogen) atoms. The number of benzene rings is 1. The average molecular weight is 341 g/mol. The van der Waals surface area contributed by atoms with Crippen LogP contribution in [0.1, 0.15) is 6.42 Å². The fourth-order valence-electron chi connectivity index (χ4n) is 2.80. The van der Waals surface area contributed by atoms with Crippen molar-refractivity contribution in [3.63, 3.8) is 0 Å². The third-order valence-corrected chi connectivity index (χ3v) is 4.12. The lowest BCUT2D eigenvalue weighted by Gasteiger charge is -2.20. The van der Waals surface area contributed by atoms with Gasteiger partial charge in [-0.2, -0.15) is 0 Å². The monoisotopic (exact) mass is 341 g/mol. The van der Waals surface area contributed by atoms with E-state index in [1.165, 1.54) is 0 Å². The molecule has 1 fully saturated rings. The van der Waals surface area contributed by atoms with E-state index in [0.717, 1.165) is 0 Å². The fourth-order valence-corrected chi connectivity index (χ4v) is 2.80. The van der Waals surface area contributed by atoms with Crippen LogP contribution in [0.25, 0.3) is 0 Å². The van der Waals surface area contributed by atoms with E-state index in [0.29, 0.717) is 29.4 Å². The first kappa shape index (κ1) is 16.8. The smallest absolute Gasteiger partial charge is 0.229 e. The normalized spacial score (nSPS) is 16.6. The van der Waals surface area contributed by atoms with Gasteiger partial charge in [-0.05, 0) is 24.3 Å². The lowest BCUT2D eigenvalue weighted by molar-refractivity contribution is -0.122. The van der Waals surface area contributed by atoms with E-state index in [-0.39, 0.29) is 18.2 Å². The number of rotatable bonds is 5. The number of amides is 2. The SMILES string of the molecule is COc1ccc(OC)c(N2C[C@H](C(=O)Nc3ccncc3)CC2=O)c1. The summed E-state index contributed by atoms with van der Waals surface area (Å²) in [5, 5.41) is 2.81. The Bertz CT molecular complexity index is 779. The van der Waals surface area contributed by atoms with Crippen molar-refractivity contribution in [2.45, 2.75) is 6.42 Å². The van der Waals surface area contributed by atoms with Crippen molar-refractivity contribution < 1.29 is 19.1 Å². The third-order valence-electron chi connectivity index (χ3n) is 4.12. The van der Waals surface area contributed by atoms with Crippen LogP contribution in [0, 0.1) is 5.92 Å². The van der Waals surface area contributed by atoms with Gasteiger partial charge < -0.3 is 19.7 Å². The van der Waals surface area contributed by atoms with Gasteiger partial charge in [-0.15, -0.1) is 0 Å². The standard InChI is InChI=1S/C18H19N3O4/c1-24-14-3-4-16(25-2)15(10-14)21-11-12(9-17(21)22)18(23)20-13-5-7-19-8-6-13/h3-8,10,12H,9,11H2,1-2H3,(H,19,20,23)/t12-/m1/s1. The maximum atomic E-state index is 12.4. The van der Waals surface area contributed by atoms with Crippen LogP contribution in [-0.4, -0.2) is 37.6 Å². The average Bonchev–Trinajstić information content (AvgIpc) is 3.03. The molecule has 0 radical (unpaired) electrons. The van der Waals surface area contributed by atoms with Crippen LogP contribution in [0.4, 0.5) is 11.4 Å². The highest BCUT2D eigenvalue weighted by atomic mass is 16.5. The summed E-state index contributed by atoms with van der Waals surface area (Å²) >= 11 is 0. The Hall–Kier alpha value is -3.09. The molecular weight excluding hydrogens is 322 g/mol. The predicted molar refractivity (Wildman–Crippen MR) is 92.9 cm³/mol. The number of anilines is 2. The summed E-state index contributed by atoms with van der Waals surface area (Å²) in [6.45, 7) is 0.291. The molecule has 2 aromatic rings. The van der Waals surface area contributed by atoms with Crippen molar-refractivity contribution in [1.29, 1.82) is 0 Å². The maximum absolute atomic E-state index is 12.4. The molecule has 1 aromatic heterocycles. The van der Waals surface area contributed by atoms with Crippen molar-refractivity contribution in [1.82, 2.24) is 4.98 Å². The summed E-state index contributed by atoms with van der Waals surface area (Å²) in [6, 6.07) is 8.65. The van der Waals surface area contributed by atoms with Crippen molar-refractivity contribution in [2.24, 2.45) is 5.92 Å². The van der Waals surface area contributed by atoms with Gasteiger partial charge in [0.25, 0.3) is 0 Å². The molecule has 130 valence electrons. The highest BCUT2D eigenvalue weighted by Crippen LogP contribution is 2.36. The quantitative estimate of drug-likeness (QED) is 0.901. The summed E-state index contributed by atoms with van der Waals surface area (Å²) in [4.78, 5) is 30.4. The van der Waals surface area contributed by atoms with E-state index in [4.69, 9.17) is 9.47 Å². The van der Waals surface area contributed by atoms with Gasteiger partial charge in [0.15, 0.2) is 0 Å². The minimum absolute atomic E-state index is 0.124. The Labute approximate surface area is 145 Å². The number of aromatic nitrogens is 1. The van der Waals surface area contributed by atoms with Crippen LogP contribution < -0.4 is 19.7 Å². The molecule has 0 aliphatic carbocycles. The van der Waals surface area contributed by atoms with Gasteiger partial charge in [0.2, 0.25) is 11.8 Å². The first-order chi connectivity index (χ1) is 12.1. The number of ether oxygens (including phenoxy) is 2. The largest absolute Gasteiger partial charge is 0.497 e. The second kappa shape index (κ2) is 7.21. The molecular formula is C18H19N3O4. The molecule has 0 bridgehead atoms. The third kappa shape index (κ3) is 3.55. The Morgan fingerprint density at radius 1 is 1.20 bits per heavy atom. The number of hydrogen-bond donors (Lipinski definition) is 1. The van der Waals surface area contributed by atoms with Crippen LogP contribution >= 0.6 is 0 Å². The van der Waals surface area contributed by atoms with Crippen molar-refractivity contribution >= 4 is 23.2 Å². The summed E-state index contributed by atoms with van der Waals surface area (Å²) in [5.41, 5.74) is 1.26. The first-order valence-corrected chi connectivity index (χ1v) is 7.85. The van der Waals surface area contributed by atoms with E-state index in [9.17, 15) is 9.59 Å². The van der Waals surface area contributed by atoms with E-state index in [1.807, 2.05) is 0 Å². The molecule has 1 saturated heterocycles. The Morgan fingerprint density at radius 2 is 1.96 bits per heavy atom. The molecule has 7 nitrogen and oxygen atoms in total. The van der Waals surface area contributed by atoms with Gasteiger partial charge >= 0.3 is 0 Å². The number of methoxy groups -OCH3 is 2. The van der Waals surface area contributed by atoms with E-state index < -0.39 is 5.92 Å². The Morgan fingerprint density at radius 3 is 2.64 bits per heavy atom. The zero-order valence-corrected chi connectivity index (χ0v) is 14.1. The number of carbonyl (C=O) groups is 2. The van der Waals surface area contributed by atoms with E-state index >= 15 is 0 Å². The van der Waals surface area contributed by atoms with Gasteiger partial charge in [-0.1, -0.05) is 0 Å². The summed E-state index contributed by atoms with van der Waals surface area (Å²) < 4.78 is 10.6. The predicted octanol–water partition coefficient (Wildman–Crippen LogP) is 2.09. The first-order valence-electron chi connectivity index (χ1n) is 7.85. The van der Waals surface area contributed by atoms with Crippen molar-refractivity contribution in [3.8, 4) is 11.5 Å². The maximum Gasteiger partial charge on any atom is 0.229 e. The second-order valence-corrected chi connectivity index (χ2v) is 5.67. The topological polar surface area (TPSA) is 80.8 Å². The minimum Gasteiger partial charge on any atom is -0.497 e. The molecule has 1 aliphatic heterocycles. The van der Waals surface area contributed by atoms with Crippen LogP contribution in [0.15, 0.2) is 42.7 Å². The van der Waals surface area contributed by atoms with Gasteiger partial charge in [-0.25, -0.2) is 0 Å². The zero-order valence-electron chi connectivity index (χ0n) is 14.1. The number of nitrogens with one attached hydrogen (secondary N) is 1. The molecule has 7 heteroatoms. The minimum atomic E-state index is -0.434. The number of carbonyl (C=O) groups excluding carboxylic acids is 2. The lowest BCUT2D eigenvalue weighted by Crippen LogP contribution is -2.28. The molecule has 0 saturated carbocycles. The van der Waals surface area contributed by atoms with Crippen molar-refractivity contribution in [3.05, 3.63) is 42.7 Å². The zero-order chi connectivity index (χ0) is 17.8. The molecule has 3 rings (SSSR count).